The average molecular weight is 241 g/mol. The lowest BCUT2D eigenvalue weighted by molar-refractivity contribution is 0.100. The summed E-state index contributed by atoms with van der Waals surface area (Å²) in [6, 6.07) is 7.83. The summed E-state index contributed by atoms with van der Waals surface area (Å²) in [4.78, 5) is 4.06. The standard InChI is InChI=1S/C11H13ClN2O2/c12-9-3-1-8(2-4-9)5-15-6-10-7-16-11(13)14-10/h1-4,10H,5-7H2,(H2,13,14). The van der Waals surface area contributed by atoms with Crippen molar-refractivity contribution in [1.82, 2.24) is 0 Å². The second-order valence-corrected chi connectivity index (χ2v) is 4.01. The number of benzene rings is 1. The molecule has 0 fully saturated rings. The first-order valence-corrected chi connectivity index (χ1v) is 5.40. The van der Waals surface area contributed by atoms with Crippen LogP contribution in [0.2, 0.25) is 5.02 Å². The SMILES string of the molecule is NC1=NC(COCc2ccc(Cl)cc2)CO1. The molecule has 0 saturated carbocycles. The van der Waals surface area contributed by atoms with E-state index in [1.807, 2.05) is 24.3 Å². The van der Waals surface area contributed by atoms with E-state index in [-0.39, 0.29) is 12.1 Å². The number of hydrogen-bond donors (Lipinski definition) is 1. The smallest absolute Gasteiger partial charge is 0.282 e. The van der Waals surface area contributed by atoms with Crippen LogP contribution in [0.3, 0.4) is 0 Å². The fraction of sp³-hybridized carbons (Fsp3) is 0.364. The number of halogens is 1. The van der Waals surface area contributed by atoms with E-state index in [0.29, 0.717) is 19.8 Å². The highest BCUT2D eigenvalue weighted by Crippen LogP contribution is 2.11. The van der Waals surface area contributed by atoms with Crippen molar-refractivity contribution in [3.63, 3.8) is 0 Å². The van der Waals surface area contributed by atoms with Gasteiger partial charge in [-0.15, -0.1) is 0 Å². The van der Waals surface area contributed by atoms with Crippen LogP contribution in [-0.4, -0.2) is 25.3 Å². The summed E-state index contributed by atoms with van der Waals surface area (Å²) in [6.07, 6.45) is 0. The first-order chi connectivity index (χ1) is 7.74. The minimum absolute atomic E-state index is 0.0206. The predicted octanol–water partition coefficient (Wildman–Crippen LogP) is 1.57. The highest BCUT2D eigenvalue weighted by atomic mass is 35.5. The number of amidine groups is 1. The first-order valence-electron chi connectivity index (χ1n) is 5.02. The molecule has 2 rings (SSSR count). The van der Waals surface area contributed by atoms with E-state index >= 15 is 0 Å². The summed E-state index contributed by atoms with van der Waals surface area (Å²) >= 11 is 5.78. The maximum absolute atomic E-state index is 5.78. The molecule has 1 aliphatic heterocycles. The molecule has 0 saturated heterocycles. The van der Waals surface area contributed by atoms with Crippen LogP contribution < -0.4 is 5.73 Å². The Hall–Kier alpha value is -1.26. The third-order valence-corrected chi connectivity index (χ3v) is 2.48. The zero-order chi connectivity index (χ0) is 11.4. The van der Waals surface area contributed by atoms with Crippen LogP contribution in [0.15, 0.2) is 29.3 Å². The Labute approximate surface area is 99.0 Å². The van der Waals surface area contributed by atoms with E-state index in [4.69, 9.17) is 26.8 Å². The highest BCUT2D eigenvalue weighted by molar-refractivity contribution is 6.30. The molecule has 16 heavy (non-hydrogen) atoms. The van der Waals surface area contributed by atoms with Crippen LogP contribution in [0, 0.1) is 0 Å². The summed E-state index contributed by atoms with van der Waals surface area (Å²) < 4.78 is 10.5. The summed E-state index contributed by atoms with van der Waals surface area (Å²) in [6.45, 7) is 1.57. The van der Waals surface area contributed by atoms with Crippen LogP contribution >= 0.6 is 11.6 Å². The van der Waals surface area contributed by atoms with Crippen molar-refractivity contribution in [3.8, 4) is 0 Å². The van der Waals surface area contributed by atoms with E-state index in [1.165, 1.54) is 0 Å². The Morgan fingerprint density at radius 3 is 2.81 bits per heavy atom. The molecule has 0 spiro atoms. The Morgan fingerprint density at radius 2 is 2.19 bits per heavy atom. The van der Waals surface area contributed by atoms with Gasteiger partial charge < -0.3 is 15.2 Å². The first kappa shape index (κ1) is 11.2. The largest absolute Gasteiger partial charge is 0.463 e. The van der Waals surface area contributed by atoms with Gasteiger partial charge in [-0.1, -0.05) is 23.7 Å². The number of hydrogen-bond acceptors (Lipinski definition) is 4. The summed E-state index contributed by atoms with van der Waals surface area (Å²) in [5.41, 5.74) is 6.47. The lowest BCUT2D eigenvalue weighted by atomic mass is 10.2. The molecular formula is C11H13ClN2O2. The van der Waals surface area contributed by atoms with Crippen molar-refractivity contribution in [2.75, 3.05) is 13.2 Å². The zero-order valence-corrected chi connectivity index (χ0v) is 9.48. The zero-order valence-electron chi connectivity index (χ0n) is 8.73. The minimum atomic E-state index is 0.0206. The van der Waals surface area contributed by atoms with Crippen molar-refractivity contribution in [2.45, 2.75) is 12.6 Å². The van der Waals surface area contributed by atoms with Crippen molar-refractivity contribution >= 4 is 17.6 Å². The van der Waals surface area contributed by atoms with Gasteiger partial charge >= 0.3 is 0 Å². The van der Waals surface area contributed by atoms with Gasteiger partial charge in [0, 0.05) is 5.02 Å². The molecule has 0 aromatic heterocycles. The van der Waals surface area contributed by atoms with Gasteiger partial charge in [0.05, 0.1) is 13.2 Å². The van der Waals surface area contributed by atoms with Crippen LogP contribution in [0.4, 0.5) is 0 Å². The third-order valence-electron chi connectivity index (χ3n) is 2.23. The van der Waals surface area contributed by atoms with Gasteiger partial charge in [-0.25, -0.2) is 4.99 Å². The van der Waals surface area contributed by atoms with Crippen molar-refractivity contribution in [2.24, 2.45) is 10.7 Å². The number of aliphatic imine (C=N–C) groups is 1. The quantitative estimate of drug-likeness (QED) is 0.869. The molecule has 0 amide bonds. The van der Waals surface area contributed by atoms with Crippen LogP contribution in [-0.2, 0) is 16.1 Å². The van der Waals surface area contributed by atoms with E-state index in [9.17, 15) is 0 Å². The topological polar surface area (TPSA) is 56.8 Å². The van der Waals surface area contributed by atoms with Crippen molar-refractivity contribution in [1.29, 1.82) is 0 Å². The number of rotatable bonds is 4. The highest BCUT2D eigenvalue weighted by Gasteiger charge is 2.16. The summed E-state index contributed by atoms with van der Waals surface area (Å²) in [5, 5.41) is 0.727. The van der Waals surface area contributed by atoms with E-state index in [2.05, 4.69) is 4.99 Å². The number of nitrogens with two attached hydrogens (primary N) is 1. The molecule has 2 N–H and O–H groups in total. The molecule has 4 nitrogen and oxygen atoms in total. The fourth-order valence-corrected chi connectivity index (χ4v) is 1.54. The molecule has 86 valence electrons. The normalized spacial score (nSPS) is 19.3. The maximum atomic E-state index is 5.78. The average Bonchev–Trinajstić information content (AvgIpc) is 2.67. The molecule has 0 bridgehead atoms. The van der Waals surface area contributed by atoms with Gasteiger partial charge in [0.25, 0.3) is 6.02 Å². The molecule has 0 radical (unpaired) electrons. The number of ether oxygens (including phenoxy) is 2. The monoisotopic (exact) mass is 240 g/mol. The molecule has 0 aliphatic carbocycles. The Kier molecular flexibility index (Phi) is 3.64. The van der Waals surface area contributed by atoms with Gasteiger partial charge in [0.15, 0.2) is 0 Å². The Bertz CT molecular complexity index is 378. The number of nitrogens with zero attached hydrogens (tertiary/aromatic N) is 1. The molecule has 1 atom stereocenters. The van der Waals surface area contributed by atoms with Gasteiger partial charge in [-0.3, -0.25) is 0 Å². The fourth-order valence-electron chi connectivity index (χ4n) is 1.41. The molecule has 1 heterocycles. The van der Waals surface area contributed by atoms with E-state index < -0.39 is 0 Å². The lowest BCUT2D eigenvalue weighted by Gasteiger charge is -2.06. The van der Waals surface area contributed by atoms with E-state index in [1.54, 1.807) is 0 Å². The third kappa shape index (κ3) is 3.12. The summed E-state index contributed by atoms with van der Waals surface area (Å²) in [7, 11) is 0. The second kappa shape index (κ2) is 5.18. The Balaban J connectivity index is 1.74. The molecule has 5 heteroatoms. The molecule has 1 aromatic carbocycles. The van der Waals surface area contributed by atoms with Crippen LogP contribution in [0.5, 0.6) is 0 Å². The van der Waals surface area contributed by atoms with E-state index in [0.717, 1.165) is 10.6 Å². The van der Waals surface area contributed by atoms with Gasteiger partial charge in [-0.2, -0.15) is 0 Å². The summed E-state index contributed by atoms with van der Waals surface area (Å²) in [5.74, 6) is 0. The minimum Gasteiger partial charge on any atom is -0.463 e. The van der Waals surface area contributed by atoms with Crippen LogP contribution in [0.1, 0.15) is 5.56 Å². The van der Waals surface area contributed by atoms with Crippen molar-refractivity contribution in [3.05, 3.63) is 34.9 Å². The van der Waals surface area contributed by atoms with Gasteiger partial charge in [0.2, 0.25) is 0 Å². The van der Waals surface area contributed by atoms with Gasteiger partial charge in [-0.05, 0) is 17.7 Å². The lowest BCUT2D eigenvalue weighted by Crippen LogP contribution is -2.14. The Morgan fingerprint density at radius 1 is 1.44 bits per heavy atom. The molecule has 1 unspecified atom stereocenters. The predicted molar refractivity (Wildman–Crippen MR) is 62.5 cm³/mol. The van der Waals surface area contributed by atoms with Gasteiger partial charge in [0.1, 0.15) is 12.6 Å². The van der Waals surface area contributed by atoms with Crippen LogP contribution in [0.25, 0.3) is 0 Å². The maximum Gasteiger partial charge on any atom is 0.282 e. The molecule has 1 aromatic rings. The molecule has 1 aliphatic rings. The van der Waals surface area contributed by atoms with Crippen molar-refractivity contribution < 1.29 is 9.47 Å². The molecular weight excluding hydrogens is 228 g/mol. The second-order valence-electron chi connectivity index (χ2n) is 3.57.